The van der Waals surface area contributed by atoms with E-state index in [0.29, 0.717) is 6.61 Å². The van der Waals surface area contributed by atoms with Crippen LogP contribution in [0.5, 0.6) is 11.5 Å². The van der Waals surface area contributed by atoms with Gasteiger partial charge in [-0.2, -0.15) is 0 Å². The number of alkyl halides is 1. The zero-order valence-corrected chi connectivity index (χ0v) is 12.9. The fraction of sp³-hybridized carbons (Fsp3) is 0.625. The molecule has 1 aliphatic carbocycles. The topological polar surface area (TPSA) is 21.7 Å². The van der Waals surface area contributed by atoms with Crippen LogP contribution in [-0.2, 0) is 0 Å². The number of para-hydroxylation sites is 2. The maximum Gasteiger partial charge on any atom is 0.161 e. The smallest absolute Gasteiger partial charge is 0.161 e. The van der Waals surface area contributed by atoms with Crippen molar-refractivity contribution < 1.29 is 9.47 Å². The lowest BCUT2D eigenvalue weighted by molar-refractivity contribution is 0.106. The Hall–Kier alpha value is -0.930. The summed E-state index contributed by atoms with van der Waals surface area (Å²) in [5.41, 5.74) is 0. The van der Waals surface area contributed by atoms with Gasteiger partial charge in [-0.3, -0.25) is 4.90 Å². The summed E-state index contributed by atoms with van der Waals surface area (Å²) in [5, 5.41) is 0. The van der Waals surface area contributed by atoms with Crippen molar-refractivity contribution in [3.05, 3.63) is 24.3 Å². The molecule has 0 N–H and O–H groups in total. The molecule has 0 heterocycles. The van der Waals surface area contributed by atoms with Gasteiger partial charge in [-0.15, -0.1) is 11.6 Å². The van der Waals surface area contributed by atoms with Crippen molar-refractivity contribution in [1.29, 1.82) is 0 Å². The van der Waals surface area contributed by atoms with Gasteiger partial charge >= 0.3 is 0 Å². The lowest BCUT2D eigenvalue weighted by Gasteiger charge is -2.37. The summed E-state index contributed by atoms with van der Waals surface area (Å²) in [6.45, 7) is 2.72. The first-order valence-corrected chi connectivity index (χ1v) is 7.94. The van der Waals surface area contributed by atoms with Gasteiger partial charge in [0.1, 0.15) is 6.61 Å². The van der Waals surface area contributed by atoms with Gasteiger partial charge in [-0.05, 0) is 37.9 Å². The summed E-state index contributed by atoms with van der Waals surface area (Å²) in [4.78, 5) is 2.52. The van der Waals surface area contributed by atoms with Crippen molar-refractivity contribution in [2.24, 2.45) is 0 Å². The third kappa shape index (κ3) is 4.29. The van der Waals surface area contributed by atoms with E-state index in [9.17, 15) is 0 Å². The SMILES string of the molecule is COc1ccccc1OCCN(CCCCl)C1CCC1. The molecule has 1 fully saturated rings. The van der Waals surface area contributed by atoms with E-state index < -0.39 is 0 Å². The standard InChI is InChI=1S/C16H24ClNO2/c1-19-15-8-2-3-9-16(15)20-13-12-18(11-5-10-17)14-6-4-7-14/h2-3,8-9,14H,4-7,10-13H2,1H3. The molecular formula is C16H24ClNO2. The lowest BCUT2D eigenvalue weighted by atomic mass is 9.91. The van der Waals surface area contributed by atoms with Crippen LogP contribution in [0.3, 0.4) is 0 Å². The fourth-order valence-electron chi connectivity index (χ4n) is 2.50. The van der Waals surface area contributed by atoms with Crippen LogP contribution in [0, 0.1) is 0 Å². The van der Waals surface area contributed by atoms with E-state index in [4.69, 9.17) is 21.1 Å². The highest BCUT2D eigenvalue weighted by atomic mass is 35.5. The number of nitrogens with zero attached hydrogens (tertiary/aromatic N) is 1. The maximum absolute atomic E-state index is 5.86. The van der Waals surface area contributed by atoms with Crippen molar-refractivity contribution >= 4 is 11.6 Å². The third-order valence-electron chi connectivity index (χ3n) is 3.88. The molecule has 2 rings (SSSR count). The van der Waals surface area contributed by atoms with E-state index >= 15 is 0 Å². The minimum absolute atomic E-state index is 0.694. The van der Waals surface area contributed by atoms with Gasteiger partial charge in [-0.1, -0.05) is 18.6 Å². The van der Waals surface area contributed by atoms with Crippen molar-refractivity contribution in [3.63, 3.8) is 0 Å². The molecule has 1 aromatic carbocycles. The molecule has 0 atom stereocenters. The number of ether oxygens (including phenoxy) is 2. The van der Waals surface area contributed by atoms with Crippen LogP contribution < -0.4 is 9.47 Å². The van der Waals surface area contributed by atoms with Gasteiger partial charge < -0.3 is 9.47 Å². The summed E-state index contributed by atoms with van der Waals surface area (Å²) >= 11 is 5.81. The fourth-order valence-corrected chi connectivity index (χ4v) is 2.62. The minimum atomic E-state index is 0.694. The first kappa shape index (κ1) is 15.5. The molecule has 112 valence electrons. The molecule has 20 heavy (non-hydrogen) atoms. The first-order chi connectivity index (χ1) is 9.85. The van der Waals surface area contributed by atoms with Crippen LogP contribution in [0.25, 0.3) is 0 Å². The van der Waals surface area contributed by atoms with E-state index in [1.54, 1.807) is 7.11 Å². The number of hydrogen-bond donors (Lipinski definition) is 0. The number of hydrogen-bond acceptors (Lipinski definition) is 3. The number of benzene rings is 1. The summed E-state index contributed by atoms with van der Waals surface area (Å²) in [6, 6.07) is 8.53. The molecule has 0 unspecified atom stereocenters. The Kier molecular flexibility index (Phi) is 6.48. The van der Waals surface area contributed by atoms with E-state index in [0.717, 1.165) is 42.9 Å². The predicted octanol–water partition coefficient (Wildman–Crippen LogP) is 3.56. The summed E-state index contributed by atoms with van der Waals surface area (Å²) in [5.74, 6) is 2.35. The lowest BCUT2D eigenvalue weighted by Crippen LogP contribution is -2.43. The number of methoxy groups -OCH3 is 1. The monoisotopic (exact) mass is 297 g/mol. The highest BCUT2D eigenvalue weighted by molar-refractivity contribution is 6.17. The Morgan fingerprint density at radius 2 is 1.95 bits per heavy atom. The maximum atomic E-state index is 5.86. The molecular weight excluding hydrogens is 274 g/mol. The Morgan fingerprint density at radius 1 is 1.20 bits per heavy atom. The molecule has 0 radical (unpaired) electrons. The number of halogens is 1. The van der Waals surface area contributed by atoms with Crippen LogP contribution in [-0.4, -0.2) is 43.6 Å². The largest absolute Gasteiger partial charge is 0.493 e. The van der Waals surface area contributed by atoms with Gasteiger partial charge in [0.05, 0.1) is 7.11 Å². The van der Waals surface area contributed by atoms with Crippen molar-refractivity contribution in [2.75, 3.05) is 32.7 Å². The van der Waals surface area contributed by atoms with Gasteiger partial charge in [0.25, 0.3) is 0 Å². The zero-order chi connectivity index (χ0) is 14.2. The third-order valence-corrected chi connectivity index (χ3v) is 4.14. The average Bonchev–Trinajstić information content (AvgIpc) is 2.43. The quantitative estimate of drug-likeness (QED) is 0.651. The van der Waals surface area contributed by atoms with Crippen molar-refractivity contribution in [3.8, 4) is 11.5 Å². The Labute approximate surface area is 126 Å². The molecule has 4 heteroatoms. The normalized spacial score (nSPS) is 15.2. The summed E-state index contributed by atoms with van der Waals surface area (Å²) in [6.07, 6.45) is 5.04. The average molecular weight is 298 g/mol. The zero-order valence-electron chi connectivity index (χ0n) is 12.2. The molecule has 1 aliphatic rings. The van der Waals surface area contributed by atoms with Gasteiger partial charge in [0.15, 0.2) is 11.5 Å². The van der Waals surface area contributed by atoms with Gasteiger partial charge in [-0.25, -0.2) is 0 Å². The van der Waals surface area contributed by atoms with Crippen LogP contribution in [0.15, 0.2) is 24.3 Å². The van der Waals surface area contributed by atoms with Gasteiger partial charge in [0.2, 0.25) is 0 Å². The Morgan fingerprint density at radius 3 is 2.55 bits per heavy atom. The first-order valence-electron chi connectivity index (χ1n) is 7.41. The van der Waals surface area contributed by atoms with E-state index in [1.807, 2.05) is 24.3 Å². The van der Waals surface area contributed by atoms with E-state index in [-0.39, 0.29) is 0 Å². The van der Waals surface area contributed by atoms with Crippen molar-refractivity contribution in [2.45, 2.75) is 31.7 Å². The molecule has 0 bridgehead atoms. The highest BCUT2D eigenvalue weighted by Crippen LogP contribution is 2.27. The van der Waals surface area contributed by atoms with Crippen molar-refractivity contribution in [1.82, 2.24) is 4.90 Å². The summed E-state index contributed by atoms with van der Waals surface area (Å²) in [7, 11) is 1.67. The van der Waals surface area contributed by atoms with E-state index in [1.165, 1.54) is 19.3 Å². The second-order valence-corrected chi connectivity index (χ2v) is 5.54. The number of rotatable bonds is 9. The molecule has 1 aromatic rings. The van der Waals surface area contributed by atoms with Crippen LogP contribution in [0.4, 0.5) is 0 Å². The molecule has 0 aliphatic heterocycles. The molecule has 0 amide bonds. The predicted molar refractivity (Wildman–Crippen MR) is 83.0 cm³/mol. The molecule has 0 aromatic heterocycles. The Balaban J connectivity index is 1.79. The van der Waals surface area contributed by atoms with Crippen LogP contribution in [0.1, 0.15) is 25.7 Å². The molecule has 0 spiro atoms. The second kappa shape index (κ2) is 8.38. The highest BCUT2D eigenvalue weighted by Gasteiger charge is 2.24. The minimum Gasteiger partial charge on any atom is -0.493 e. The van der Waals surface area contributed by atoms with Crippen LogP contribution in [0.2, 0.25) is 0 Å². The molecule has 1 saturated carbocycles. The Bertz CT molecular complexity index is 396. The molecule has 3 nitrogen and oxygen atoms in total. The molecule has 0 saturated heterocycles. The van der Waals surface area contributed by atoms with Crippen LogP contribution >= 0.6 is 11.6 Å². The van der Waals surface area contributed by atoms with E-state index in [2.05, 4.69) is 4.90 Å². The van der Waals surface area contributed by atoms with Gasteiger partial charge in [0, 0.05) is 18.5 Å². The second-order valence-electron chi connectivity index (χ2n) is 5.16. The summed E-state index contributed by atoms with van der Waals surface area (Å²) < 4.78 is 11.1.